The molecule has 0 atom stereocenters. The van der Waals surface area contributed by atoms with Gasteiger partial charge >= 0.3 is 0 Å². The van der Waals surface area contributed by atoms with Crippen molar-refractivity contribution in [1.82, 2.24) is 4.98 Å². The molecule has 0 aliphatic carbocycles. The van der Waals surface area contributed by atoms with Gasteiger partial charge < -0.3 is 5.73 Å². The minimum Gasteiger partial charge on any atom is -0.369 e. The summed E-state index contributed by atoms with van der Waals surface area (Å²) in [5, 5.41) is 4.13. The Morgan fingerprint density at radius 3 is 2.75 bits per heavy atom. The number of carbonyl (C=O) groups is 2. The first-order valence-electron chi connectivity index (χ1n) is 5.45. The molecule has 1 heterocycles. The maximum atomic E-state index is 13.4. The minimum atomic E-state index is -0.962. The molecule has 0 saturated heterocycles. The van der Waals surface area contributed by atoms with E-state index in [0.29, 0.717) is 11.8 Å². The van der Waals surface area contributed by atoms with Crippen LogP contribution >= 0.6 is 11.3 Å². The Kier molecular flexibility index (Phi) is 4.04. The fraction of sp³-hybridized carbons (Fsp3) is 0.0833. The lowest BCUT2D eigenvalue weighted by atomic mass is 10.2. The van der Waals surface area contributed by atoms with Crippen LogP contribution in [0.5, 0.6) is 0 Å². The molecule has 20 heavy (non-hydrogen) atoms. The molecule has 1 aromatic carbocycles. The fourth-order valence-corrected chi connectivity index (χ4v) is 2.17. The van der Waals surface area contributed by atoms with E-state index in [9.17, 15) is 18.4 Å². The number of hydrogen-bond donors (Lipinski definition) is 2. The normalized spacial score (nSPS) is 10.3. The number of benzene rings is 1. The Bertz CT molecular complexity index is 672. The van der Waals surface area contributed by atoms with Gasteiger partial charge in [0, 0.05) is 11.4 Å². The molecule has 2 aromatic rings. The van der Waals surface area contributed by atoms with Gasteiger partial charge in [-0.2, -0.15) is 0 Å². The smallest absolute Gasteiger partial charge is 0.260 e. The molecule has 0 saturated carbocycles. The summed E-state index contributed by atoms with van der Waals surface area (Å²) < 4.78 is 26.1. The van der Waals surface area contributed by atoms with Crippen LogP contribution in [0.25, 0.3) is 0 Å². The first-order valence-corrected chi connectivity index (χ1v) is 6.33. The summed E-state index contributed by atoms with van der Waals surface area (Å²) in [6.45, 7) is 0. The van der Waals surface area contributed by atoms with Gasteiger partial charge in [-0.15, -0.1) is 11.3 Å². The maximum Gasteiger partial charge on any atom is 0.260 e. The molecule has 8 heteroatoms. The summed E-state index contributed by atoms with van der Waals surface area (Å²) in [4.78, 5) is 26.4. The Balaban J connectivity index is 2.11. The summed E-state index contributed by atoms with van der Waals surface area (Å²) in [7, 11) is 0. The number of nitrogens with two attached hydrogens (primary N) is 1. The lowest BCUT2D eigenvalue weighted by Crippen LogP contribution is -2.15. The topological polar surface area (TPSA) is 85.1 Å². The molecule has 104 valence electrons. The van der Waals surface area contributed by atoms with Crippen LogP contribution in [0.15, 0.2) is 23.6 Å². The third kappa shape index (κ3) is 3.35. The SMILES string of the molecule is NC(=O)Cc1csc(NC(=O)c2ccc(F)cc2F)n1. The van der Waals surface area contributed by atoms with Gasteiger partial charge in [0.2, 0.25) is 5.91 Å². The van der Waals surface area contributed by atoms with Crippen LogP contribution in [0, 0.1) is 11.6 Å². The molecule has 0 aliphatic heterocycles. The summed E-state index contributed by atoms with van der Waals surface area (Å²) in [5.41, 5.74) is 5.13. The molecule has 0 radical (unpaired) electrons. The Hall–Kier alpha value is -2.35. The van der Waals surface area contributed by atoms with E-state index in [1.54, 1.807) is 5.38 Å². The Morgan fingerprint density at radius 2 is 2.10 bits per heavy atom. The van der Waals surface area contributed by atoms with Gasteiger partial charge in [-0.05, 0) is 12.1 Å². The first-order chi connectivity index (χ1) is 9.45. The number of hydrogen-bond acceptors (Lipinski definition) is 4. The van der Waals surface area contributed by atoms with E-state index in [4.69, 9.17) is 5.73 Å². The number of nitrogens with zero attached hydrogens (tertiary/aromatic N) is 1. The highest BCUT2D eigenvalue weighted by Gasteiger charge is 2.14. The van der Waals surface area contributed by atoms with Crippen LogP contribution in [-0.2, 0) is 11.2 Å². The quantitative estimate of drug-likeness (QED) is 0.900. The molecule has 3 N–H and O–H groups in total. The lowest BCUT2D eigenvalue weighted by molar-refractivity contribution is -0.117. The predicted molar refractivity (Wildman–Crippen MR) is 69.3 cm³/mol. The van der Waals surface area contributed by atoms with Gasteiger partial charge in [0.1, 0.15) is 11.6 Å². The number of anilines is 1. The average Bonchev–Trinajstić information content (AvgIpc) is 2.75. The molecule has 2 amide bonds. The zero-order valence-electron chi connectivity index (χ0n) is 10.0. The standard InChI is InChI=1S/C12H9F2N3O2S/c13-6-1-2-8(9(14)3-6)11(19)17-12-16-7(5-20-12)4-10(15)18/h1-3,5H,4H2,(H2,15,18)(H,16,17,19). The highest BCUT2D eigenvalue weighted by atomic mass is 32.1. The molecular weight excluding hydrogens is 288 g/mol. The van der Waals surface area contributed by atoms with E-state index >= 15 is 0 Å². The average molecular weight is 297 g/mol. The van der Waals surface area contributed by atoms with Crippen molar-refractivity contribution in [1.29, 1.82) is 0 Å². The molecule has 5 nitrogen and oxygen atoms in total. The van der Waals surface area contributed by atoms with Crippen molar-refractivity contribution < 1.29 is 18.4 Å². The fourth-order valence-electron chi connectivity index (χ4n) is 1.46. The zero-order chi connectivity index (χ0) is 14.7. The minimum absolute atomic E-state index is 0.0444. The summed E-state index contributed by atoms with van der Waals surface area (Å²) >= 11 is 1.08. The highest BCUT2D eigenvalue weighted by Crippen LogP contribution is 2.18. The molecule has 2 rings (SSSR count). The number of aromatic nitrogens is 1. The highest BCUT2D eigenvalue weighted by molar-refractivity contribution is 7.14. The summed E-state index contributed by atoms with van der Waals surface area (Å²) in [5.74, 6) is -3.02. The van der Waals surface area contributed by atoms with Gasteiger partial charge in [-0.1, -0.05) is 0 Å². The number of primary amides is 1. The van der Waals surface area contributed by atoms with E-state index in [1.807, 2.05) is 0 Å². The Labute approximate surface area is 116 Å². The van der Waals surface area contributed by atoms with Crippen LogP contribution in [0.1, 0.15) is 16.1 Å². The van der Waals surface area contributed by atoms with E-state index in [0.717, 1.165) is 23.5 Å². The molecule has 0 aliphatic rings. The van der Waals surface area contributed by atoms with Gasteiger partial charge in [0.05, 0.1) is 17.7 Å². The predicted octanol–water partition coefficient (Wildman–Crippen LogP) is 1.70. The monoisotopic (exact) mass is 297 g/mol. The Morgan fingerprint density at radius 1 is 1.35 bits per heavy atom. The van der Waals surface area contributed by atoms with Gasteiger partial charge in [-0.25, -0.2) is 13.8 Å². The maximum absolute atomic E-state index is 13.4. The number of halogens is 2. The summed E-state index contributed by atoms with van der Waals surface area (Å²) in [6, 6.07) is 2.64. The van der Waals surface area contributed by atoms with E-state index in [2.05, 4.69) is 10.3 Å². The van der Waals surface area contributed by atoms with Crippen molar-refractivity contribution in [3.8, 4) is 0 Å². The largest absolute Gasteiger partial charge is 0.369 e. The number of carbonyl (C=O) groups excluding carboxylic acids is 2. The third-order valence-corrected chi connectivity index (χ3v) is 3.11. The van der Waals surface area contributed by atoms with E-state index < -0.39 is 23.4 Å². The number of nitrogens with one attached hydrogen (secondary N) is 1. The molecule has 0 fully saturated rings. The van der Waals surface area contributed by atoms with Gasteiger partial charge in [0.15, 0.2) is 5.13 Å². The van der Waals surface area contributed by atoms with Crippen LogP contribution in [0.3, 0.4) is 0 Å². The molecular formula is C12H9F2N3O2S. The molecule has 0 spiro atoms. The molecule has 1 aromatic heterocycles. The van der Waals surface area contributed by atoms with Crippen LogP contribution < -0.4 is 11.1 Å². The van der Waals surface area contributed by atoms with Crippen LogP contribution in [0.4, 0.5) is 13.9 Å². The van der Waals surface area contributed by atoms with E-state index in [-0.39, 0.29) is 17.1 Å². The van der Waals surface area contributed by atoms with Gasteiger partial charge in [-0.3, -0.25) is 14.9 Å². The van der Waals surface area contributed by atoms with Crippen molar-refractivity contribution in [2.24, 2.45) is 5.73 Å². The summed E-state index contributed by atoms with van der Waals surface area (Å²) in [6.07, 6.45) is -0.0444. The van der Waals surface area contributed by atoms with Crippen LogP contribution in [0.2, 0.25) is 0 Å². The zero-order valence-corrected chi connectivity index (χ0v) is 10.8. The second kappa shape index (κ2) is 5.74. The number of thiazole rings is 1. The van der Waals surface area contributed by atoms with E-state index in [1.165, 1.54) is 0 Å². The van der Waals surface area contributed by atoms with Crippen molar-refractivity contribution in [3.05, 3.63) is 46.5 Å². The van der Waals surface area contributed by atoms with Crippen LogP contribution in [-0.4, -0.2) is 16.8 Å². The van der Waals surface area contributed by atoms with Crippen molar-refractivity contribution in [2.75, 3.05) is 5.32 Å². The second-order valence-electron chi connectivity index (χ2n) is 3.87. The second-order valence-corrected chi connectivity index (χ2v) is 4.72. The molecule has 0 unspecified atom stereocenters. The molecule has 0 bridgehead atoms. The van der Waals surface area contributed by atoms with Crippen molar-refractivity contribution in [2.45, 2.75) is 6.42 Å². The third-order valence-electron chi connectivity index (χ3n) is 2.30. The number of amides is 2. The van der Waals surface area contributed by atoms with Crippen molar-refractivity contribution in [3.63, 3.8) is 0 Å². The lowest BCUT2D eigenvalue weighted by Gasteiger charge is -2.03. The van der Waals surface area contributed by atoms with Crippen molar-refractivity contribution >= 4 is 28.3 Å². The first kappa shape index (κ1) is 14.1. The van der Waals surface area contributed by atoms with Gasteiger partial charge in [0.25, 0.3) is 5.91 Å². The number of rotatable bonds is 4.